The summed E-state index contributed by atoms with van der Waals surface area (Å²) < 4.78 is 39.5. The van der Waals surface area contributed by atoms with Crippen LogP contribution in [0.15, 0.2) is 22.7 Å². The van der Waals surface area contributed by atoms with Crippen molar-refractivity contribution in [2.45, 2.75) is 31.4 Å². The predicted octanol–water partition coefficient (Wildman–Crippen LogP) is 2.68. The first-order valence-corrected chi connectivity index (χ1v) is 6.78. The third-order valence-corrected chi connectivity index (χ3v) is 3.74. The summed E-state index contributed by atoms with van der Waals surface area (Å²) in [5, 5.41) is 3.89. The molecule has 1 aliphatic rings. The van der Waals surface area contributed by atoms with Gasteiger partial charge in [-0.25, -0.2) is 0 Å². The van der Waals surface area contributed by atoms with Crippen molar-refractivity contribution in [3.8, 4) is 23.0 Å². The van der Waals surface area contributed by atoms with Crippen LogP contribution in [0.2, 0.25) is 0 Å². The summed E-state index contributed by atoms with van der Waals surface area (Å²) in [4.78, 5) is 4.26. The first kappa shape index (κ1) is 14.7. The van der Waals surface area contributed by atoms with Gasteiger partial charge in [-0.3, -0.25) is 0 Å². The minimum atomic E-state index is -2.95. The zero-order valence-electron chi connectivity index (χ0n) is 11.9. The van der Waals surface area contributed by atoms with Crippen LogP contribution >= 0.6 is 0 Å². The van der Waals surface area contributed by atoms with Gasteiger partial charge >= 0.3 is 6.61 Å². The molecule has 22 heavy (non-hydrogen) atoms. The van der Waals surface area contributed by atoms with Crippen LogP contribution in [0.3, 0.4) is 0 Å². The molecular weight excluding hydrogens is 296 g/mol. The van der Waals surface area contributed by atoms with E-state index in [0.717, 1.165) is 19.3 Å². The molecule has 1 saturated carbocycles. The van der Waals surface area contributed by atoms with Gasteiger partial charge in [0.25, 0.3) is 5.89 Å². The Morgan fingerprint density at radius 2 is 2.09 bits per heavy atom. The van der Waals surface area contributed by atoms with Crippen molar-refractivity contribution in [2.24, 2.45) is 5.73 Å². The number of aromatic nitrogens is 2. The third-order valence-electron chi connectivity index (χ3n) is 3.74. The molecule has 0 aliphatic heterocycles. The maximum Gasteiger partial charge on any atom is 0.387 e. The summed E-state index contributed by atoms with van der Waals surface area (Å²) in [6, 6.07) is 4.49. The molecule has 1 aromatic carbocycles. The Kier molecular flexibility index (Phi) is 3.69. The van der Waals surface area contributed by atoms with Crippen molar-refractivity contribution in [1.29, 1.82) is 0 Å². The highest BCUT2D eigenvalue weighted by atomic mass is 19.3. The lowest BCUT2D eigenvalue weighted by atomic mass is 9.77. The van der Waals surface area contributed by atoms with E-state index in [1.165, 1.54) is 19.2 Å². The van der Waals surface area contributed by atoms with E-state index in [1.807, 2.05) is 0 Å². The number of alkyl halides is 2. The average Bonchev–Trinajstić information content (AvgIpc) is 2.94. The Labute approximate surface area is 125 Å². The van der Waals surface area contributed by atoms with Gasteiger partial charge in [0, 0.05) is 5.56 Å². The van der Waals surface area contributed by atoms with Gasteiger partial charge in [0.1, 0.15) is 0 Å². The second-order valence-corrected chi connectivity index (χ2v) is 5.18. The van der Waals surface area contributed by atoms with Gasteiger partial charge in [0.15, 0.2) is 17.3 Å². The number of halogens is 2. The highest BCUT2D eigenvalue weighted by Gasteiger charge is 2.39. The Balaban J connectivity index is 1.91. The Morgan fingerprint density at radius 3 is 2.68 bits per heavy atom. The fraction of sp³-hybridized carbons (Fsp3) is 0.429. The number of hydrogen-bond donors (Lipinski definition) is 1. The Hall–Kier alpha value is -2.22. The first-order chi connectivity index (χ1) is 10.5. The minimum Gasteiger partial charge on any atom is -0.493 e. The monoisotopic (exact) mass is 311 g/mol. The molecule has 0 amide bonds. The van der Waals surface area contributed by atoms with E-state index < -0.39 is 12.2 Å². The van der Waals surface area contributed by atoms with E-state index in [2.05, 4.69) is 14.9 Å². The lowest BCUT2D eigenvalue weighted by molar-refractivity contribution is -0.0511. The molecule has 2 N–H and O–H groups in total. The van der Waals surface area contributed by atoms with Gasteiger partial charge in [0.05, 0.1) is 12.6 Å². The molecule has 118 valence electrons. The van der Waals surface area contributed by atoms with Gasteiger partial charge in [-0.1, -0.05) is 5.16 Å². The maximum atomic E-state index is 12.4. The highest BCUT2D eigenvalue weighted by molar-refractivity contribution is 5.59. The molecule has 0 atom stereocenters. The molecule has 8 heteroatoms. The lowest BCUT2D eigenvalue weighted by Gasteiger charge is -2.34. The van der Waals surface area contributed by atoms with Crippen LogP contribution in [0.4, 0.5) is 8.78 Å². The van der Waals surface area contributed by atoms with Crippen LogP contribution in [-0.2, 0) is 5.54 Å². The minimum absolute atomic E-state index is 0.0964. The van der Waals surface area contributed by atoms with Gasteiger partial charge in [-0.15, -0.1) is 0 Å². The smallest absolute Gasteiger partial charge is 0.387 e. The van der Waals surface area contributed by atoms with Crippen molar-refractivity contribution < 1.29 is 22.8 Å². The van der Waals surface area contributed by atoms with Gasteiger partial charge in [0.2, 0.25) is 0 Å². The number of nitrogens with zero attached hydrogens (tertiary/aromatic N) is 2. The van der Waals surface area contributed by atoms with Crippen LogP contribution in [0.1, 0.15) is 25.1 Å². The first-order valence-electron chi connectivity index (χ1n) is 6.78. The van der Waals surface area contributed by atoms with Gasteiger partial charge < -0.3 is 19.7 Å². The summed E-state index contributed by atoms with van der Waals surface area (Å²) in [5.74, 6) is 0.730. The summed E-state index contributed by atoms with van der Waals surface area (Å²) >= 11 is 0. The number of ether oxygens (including phenoxy) is 2. The molecule has 3 rings (SSSR count). The van der Waals surface area contributed by atoms with E-state index in [1.54, 1.807) is 6.07 Å². The molecule has 0 spiro atoms. The normalized spacial score (nSPS) is 16.4. The van der Waals surface area contributed by atoms with Crippen LogP contribution < -0.4 is 15.2 Å². The van der Waals surface area contributed by atoms with Crippen molar-refractivity contribution in [1.82, 2.24) is 10.1 Å². The number of benzene rings is 1. The summed E-state index contributed by atoms with van der Waals surface area (Å²) in [6.45, 7) is -2.95. The fourth-order valence-electron chi connectivity index (χ4n) is 2.32. The van der Waals surface area contributed by atoms with Crippen LogP contribution in [-0.4, -0.2) is 23.9 Å². The number of methoxy groups -OCH3 is 1. The molecule has 1 aromatic heterocycles. The van der Waals surface area contributed by atoms with Crippen LogP contribution in [0.5, 0.6) is 11.5 Å². The molecule has 2 aromatic rings. The third kappa shape index (κ3) is 2.61. The van der Waals surface area contributed by atoms with Crippen molar-refractivity contribution >= 4 is 0 Å². The zero-order valence-corrected chi connectivity index (χ0v) is 11.9. The number of nitrogens with two attached hydrogens (primary N) is 1. The van der Waals surface area contributed by atoms with Crippen LogP contribution in [0, 0.1) is 0 Å². The quantitative estimate of drug-likeness (QED) is 0.914. The molecule has 0 unspecified atom stereocenters. The molecule has 0 saturated heterocycles. The summed E-state index contributed by atoms with van der Waals surface area (Å²) in [5.41, 5.74) is 6.04. The second-order valence-electron chi connectivity index (χ2n) is 5.18. The van der Waals surface area contributed by atoms with E-state index in [9.17, 15) is 8.78 Å². The average molecular weight is 311 g/mol. The van der Waals surface area contributed by atoms with E-state index in [0.29, 0.717) is 11.4 Å². The highest BCUT2D eigenvalue weighted by Crippen LogP contribution is 2.38. The molecule has 0 bridgehead atoms. The standard InChI is InChI=1S/C14H15F2N3O3/c1-20-9-4-3-8(7-10(9)21-13(15)16)11-18-12(19-22-11)14(17)5-2-6-14/h3-4,7,13H,2,5-6,17H2,1H3. The van der Waals surface area contributed by atoms with Crippen molar-refractivity contribution in [3.63, 3.8) is 0 Å². The Morgan fingerprint density at radius 1 is 1.32 bits per heavy atom. The SMILES string of the molecule is COc1ccc(-c2nc(C3(N)CCC3)no2)cc1OC(F)F. The Bertz CT molecular complexity index is 671. The largest absolute Gasteiger partial charge is 0.493 e. The second kappa shape index (κ2) is 5.53. The van der Waals surface area contributed by atoms with Gasteiger partial charge in [-0.05, 0) is 37.5 Å². The summed E-state index contributed by atoms with van der Waals surface area (Å²) in [6.07, 6.45) is 2.62. The number of hydrogen-bond acceptors (Lipinski definition) is 6. The predicted molar refractivity (Wildman–Crippen MR) is 72.6 cm³/mol. The molecule has 1 fully saturated rings. The molecule has 0 radical (unpaired) electrons. The molecule has 6 nitrogen and oxygen atoms in total. The van der Waals surface area contributed by atoms with Gasteiger partial charge in [-0.2, -0.15) is 13.8 Å². The van der Waals surface area contributed by atoms with Crippen molar-refractivity contribution in [3.05, 3.63) is 24.0 Å². The summed E-state index contributed by atoms with van der Waals surface area (Å²) in [7, 11) is 1.37. The molecular formula is C14H15F2N3O3. The number of rotatable bonds is 5. The lowest BCUT2D eigenvalue weighted by Crippen LogP contribution is -2.44. The maximum absolute atomic E-state index is 12.4. The zero-order chi connectivity index (χ0) is 15.7. The van der Waals surface area contributed by atoms with E-state index in [4.69, 9.17) is 15.0 Å². The fourth-order valence-corrected chi connectivity index (χ4v) is 2.32. The molecule has 1 aliphatic carbocycles. The van der Waals surface area contributed by atoms with E-state index in [-0.39, 0.29) is 17.4 Å². The van der Waals surface area contributed by atoms with E-state index >= 15 is 0 Å². The molecule has 1 heterocycles. The van der Waals surface area contributed by atoms with Crippen LogP contribution in [0.25, 0.3) is 11.5 Å². The van der Waals surface area contributed by atoms with Crippen molar-refractivity contribution in [2.75, 3.05) is 7.11 Å². The topological polar surface area (TPSA) is 83.4 Å².